The highest BCUT2D eigenvalue weighted by Crippen LogP contribution is 2.38. The fourth-order valence-corrected chi connectivity index (χ4v) is 6.89. The van der Waals surface area contributed by atoms with Crippen LogP contribution in [-0.4, -0.2) is 127 Å². The average Bonchev–Trinajstić information content (AvgIpc) is 3.09. The van der Waals surface area contributed by atoms with Gasteiger partial charge in [-0.15, -0.1) is 0 Å². The molecule has 3 rings (SSSR count). The van der Waals surface area contributed by atoms with Crippen molar-refractivity contribution >= 4 is 17.7 Å². The second kappa shape index (κ2) is 22.6. The summed E-state index contributed by atoms with van der Waals surface area (Å²) in [6, 6.07) is -1.10. The molecule has 310 valence electrons. The molecule has 3 aliphatic rings. The molecule has 0 amide bonds. The fourth-order valence-electron chi connectivity index (χ4n) is 6.89. The Morgan fingerprint density at radius 1 is 0.964 bits per heavy atom. The van der Waals surface area contributed by atoms with E-state index in [1.54, 1.807) is 55.5 Å². The lowest BCUT2D eigenvalue weighted by Crippen LogP contribution is -2.61. The molecule has 0 radical (unpaired) electrons. The monoisotopic (exact) mass is 779 g/mol. The van der Waals surface area contributed by atoms with Crippen LogP contribution in [0.5, 0.6) is 0 Å². The summed E-state index contributed by atoms with van der Waals surface area (Å²) in [5, 5.41) is 74.7. The number of rotatable bonds is 5. The third-order valence-corrected chi connectivity index (χ3v) is 10.3. The Morgan fingerprint density at radius 3 is 2.27 bits per heavy atom. The SMILES string of the molecule is CC[C@@H](C)[C@@H]1C\C=C/C=C\C=C/C=C\C=C/[C@H](O[C@@H]2O[C@H](C)[C@@H](O)[C@H](N)[C@@H]2O)C[C@@H]2O[C@](O)(C[C@@H](O)CCCC(=O)C[C@H](O)CC(=O)O1)C[C@@H](O)[C@H]2C(=O)O. The number of ketones is 1. The minimum atomic E-state index is -2.16. The van der Waals surface area contributed by atoms with E-state index in [1.165, 1.54) is 0 Å². The van der Waals surface area contributed by atoms with Crippen LogP contribution in [-0.2, 0) is 33.3 Å². The molecule has 0 aromatic rings. The number of carboxylic acids is 1. The lowest BCUT2D eigenvalue weighted by Gasteiger charge is -2.45. The van der Waals surface area contributed by atoms with Crippen LogP contribution in [0.4, 0.5) is 0 Å². The minimum absolute atomic E-state index is 0.0218. The van der Waals surface area contributed by atoms with Gasteiger partial charge >= 0.3 is 11.9 Å². The van der Waals surface area contributed by atoms with Crippen LogP contribution in [0.15, 0.2) is 60.8 Å². The first kappa shape index (κ1) is 46.3. The van der Waals surface area contributed by atoms with Crippen LogP contribution < -0.4 is 5.73 Å². The van der Waals surface area contributed by atoms with E-state index in [-0.39, 0.29) is 50.2 Å². The number of hydrogen-bond acceptors (Lipinski definition) is 14. The molecule has 0 saturated carbocycles. The van der Waals surface area contributed by atoms with Crippen molar-refractivity contribution in [3.8, 4) is 0 Å². The second-order valence-electron chi connectivity index (χ2n) is 14.9. The van der Waals surface area contributed by atoms with Crippen molar-refractivity contribution in [3.05, 3.63) is 60.8 Å². The van der Waals surface area contributed by atoms with E-state index >= 15 is 0 Å². The highest BCUT2D eigenvalue weighted by molar-refractivity contribution is 5.80. The molecule has 0 aromatic heterocycles. The van der Waals surface area contributed by atoms with Crippen molar-refractivity contribution in [1.82, 2.24) is 0 Å². The molecule has 3 aliphatic heterocycles. The van der Waals surface area contributed by atoms with Crippen molar-refractivity contribution in [2.45, 2.75) is 158 Å². The molecule has 0 aliphatic carbocycles. The number of aliphatic carboxylic acids is 1. The maximum absolute atomic E-state index is 12.6. The second-order valence-corrected chi connectivity index (χ2v) is 14.9. The van der Waals surface area contributed by atoms with Gasteiger partial charge in [-0.05, 0) is 25.7 Å². The highest BCUT2D eigenvalue weighted by Gasteiger charge is 2.50. The molecular weight excluding hydrogens is 718 g/mol. The van der Waals surface area contributed by atoms with Crippen LogP contribution >= 0.6 is 0 Å². The van der Waals surface area contributed by atoms with Gasteiger partial charge in [0.05, 0.1) is 55.2 Å². The van der Waals surface area contributed by atoms with E-state index in [4.69, 9.17) is 24.7 Å². The van der Waals surface area contributed by atoms with Crippen molar-refractivity contribution < 1.29 is 69.1 Å². The van der Waals surface area contributed by atoms with Crippen LogP contribution in [0.25, 0.3) is 0 Å². The molecule has 2 fully saturated rings. The number of carbonyl (C=O) groups is 3. The number of fused-ring (bicyclic) bond motifs is 2. The largest absolute Gasteiger partial charge is 0.481 e. The Balaban J connectivity index is 1.88. The molecular formula is C40H61NO14. The van der Waals surface area contributed by atoms with Crippen LogP contribution in [0, 0.1) is 11.8 Å². The Kier molecular flexibility index (Phi) is 19.0. The van der Waals surface area contributed by atoms with Crippen molar-refractivity contribution in [2.75, 3.05) is 0 Å². The molecule has 0 unspecified atom stereocenters. The molecule has 0 aromatic carbocycles. The van der Waals surface area contributed by atoms with Gasteiger partial charge in [0.2, 0.25) is 0 Å². The first-order valence-electron chi connectivity index (χ1n) is 19.2. The summed E-state index contributed by atoms with van der Waals surface area (Å²) >= 11 is 0. The van der Waals surface area contributed by atoms with Gasteiger partial charge in [0.25, 0.3) is 0 Å². The zero-order chi connectivity index (χ0) is 40.7. The topological polar surface area (TPSA) is 256 Å². The number of hydrogen-bond donors (Lipinski definition) is 8. The number of esters is 1. The summed E-state index contributed by atoms with van der Waals surface area (Å²) in [6.07, 6.45) is 5.42. The highest BCUT2D eigenvalue weighted by atomic mass is 16.7. The van der Waals surface area contributed by atoms with Gasteiger partial charge in [-0.3, -0.25) is 14.4 Å². The first-order valence-corrected chi connectivity index (χ1v) is 19.2. The van der Waals surface area contributed by atoms with Gasteiger partial charge < -0.3 is 60.4 Å². The van der Waals surface area contributed by atoms with Gasteiger partial charge in [-0.1, -0.05) is 81.0 Å². The molecule has 2 bridgehead atoms. The lowest BCUT2D eigenvalue weighted by atomic mass is 9.83. The van der Waals surface area contributed by atoms with E-state index in [9.17, 15) is 50.1 Å². The minimum Gasteiger partial charge on any atom is -0.481 e. The average molecular weight is 780 g/mol. The molecule has 55 heavy (non-hydrogen) atoms. The van der Waals surface area contributed by atoms with Gasteiger partial charge in [0, 0.05) is 38.5 Å². The number of aliphatic hydroxyl groups is 6. The van der Waals surface area contributed by atoms with E-state index in [1.807, 2.05) is 26.0 Å². The number of Topliss-reactive ketones (excluding diaryl/α,β-unsaturated/α-hetero) is 1. The van der Waals surface area contributed by atoms with E-state index < -0.39 is 104 Å². The zero-order valence-corrected chi connectivity index (χ0v) is 31.9. The Bertz CT molecular complexity index is 1380. The predicted octanol–water partition coefficient (Wildman–Crippen LogP) is 1.87. The summed E-state index contributed by atoms with van der Waals surface area (Å²) in [5.74, 6) is -5.93. The number of carboxylic acid groups (broad SMARTS) is 1. The van der Waals surface area contributed by atoms with Gasteiger partial charge in [-0.2, -0.15) is 0 Å². The van der Waals surface area contributed by atoms with Gasteiger partial charge in [-0.25, -0.2) is 0 Å². The summed E-state index contributed by atoms with van der Waals surface area (Å²) in [4.78, 5) is 37.6. The van der Waals surface area contributed by atoms with Crippen molar-refractivity contribution in [2.24, 2.45) is 17.6 Å². The van der Waals surface area contributed by atoms with E-state index in [0.29, 0.717) is 6.42 Å². The van der Waals surface area contributed by atoms with E-state index in [0.717, 1.165) is 6.42 Å². The quantitative estimate of drug-likeness (QED) is 0.185. The number of allylic oxidation sites excluding steroid dienone is 8. The number of carbonyl (C=O) groups excluding carboxylic acids is 2. The molecule has 15 heteroatoms. The van der Waals surface area contributed by atoms with Crippen LogP contribution in [0.2, 0.25) is 0 Å². The third kappa shape index (κ3) is 15.1. The summed E-state index contributed by atoms with van der Waals surface area (Å²) < 4.78 is 23.3. The fraction of sp³-hybridized carbons (Fsp3) is 0.675. The Morgan fingerprint density at radius 2 is 1.62 bits per heavy atom. The summed E-state index contributed by atoms with van der Waals surface area (Å²) in [6.45, 7) is 5.51. The van der Waals surface area contributed by atoms with Crippen LogP contribution in [0.3, 0.4) is 0 Å². The normalized spacial score (nSPS) is 41.7. The molecule has 3 heterocycles. The Labute approximate surface area is 322 Å². The number of aliphatic hydroxyl groups excluding tert-OH is 5. The number of ether oxygens (including phenoxy) is 4. The standard InChI is InChI=1S/C40H61NO14/c1-4-24(2)31-18-13-11-9-7-5-6-8-10-12-17-29(53-39-37(48)35(41)36(47)25(3)52-39)21-32-34(38(49)50)30(45)23-40(51,55-32)22-27(43)16-14-15-26(42)19-28(44)20-33(46)54-31/h5-13,17,24-25,27-32,34-37,39,43-45,47-48,51H,4,14-16,18-23,41H2,1-3H3,(H,49,50)/b6-5-,9-7-,10-8-,13-11-,17-12-/t24-,25-,27+,28+,29+,30-,31+,32+,34-,35+,36-,37+,39+,40-/m1/s1. The molecule has 9 N–H and O–H groups in total. The third-order valence-electron chi connectivity index (χ3n) is 10.3. The maximum Gasteiger partial charge on any atom is 0.311 e. The molecule has 2 saturated heterocycles. The molecule has 15 nitrogen and oxygen atoms in total. The first-order chi connectivity index (χ1) is 26.0. The zero-order valence-electron chi connectivity index (χ0n) is 31.9. The number of cyclic esters (lactones) is 1. The van der Waals surface area contributed by atoms with Crippen molar-refractivity contribution in [1.29, 1.82) is 0 Å². The Hall–Kier alpha value is -3.09. The summed E-state index contributed by atoms with van der Waals surface area (Å²) in [5.41, 5.74) is 6.00. The van der Waals surface area contributed by atoms with Crippen LogP contribution in [0.1, 0.15) is 85.0 Å². The molecule has 0 spiro atoms. The molecule has 14 atom stereocenters. The summed E-state index contributed by atoms with van der Waals surface area (Å²) in [7, 11) is 0. The maximum atomic E-state index is 12.6. The lowest BCUT2D eigenvalue weighted by molar-refractivity contribution is -0.308. The smallest absolute Gasteiger partial charge is 0.311 e. The predicted molar refractivity (Wildman–Crippen MR) is 200 cm³/mol. The van der Waals surface area contributed by atoms with E-state index in [2.05, 4.69) is 0 Å². The van der Waals surface area contributed by atoms with Crippen molar-refractivity contribution in [3.63, 3.8) is 0 Å². The van der Waals surface area contributed by atoms with Gasteiger partial charge in [0.1, 0.15) is 23.9 Å². The van der Waals surface area contributed by atoms with Gasteiger partial charge in [0.15, 0.2) is 12.1 Å². The number of nitrogens with two attached hydrogens (primary N) is 1.